The Morgan fingerprint density at radius 1 is 1.07 bits per heavy atom. The van der Waals surface area contributed by atoms with Gasteiger partial charge in [0.05, 0.1) is 6.10 Å². The molecule has 3 amide bonds. The van der Waals surface area contributed by atoms with E-state index in [2.05, 4.69) is 5.32 Å². The maximum Gasteiger partial charge on any atom is 0.253 e. The van der Waals surface area contributed by atoms with Gasteiger partial charge in [-0.15, -0.1) is 0 Å². The van der Waals surface area contributed by atoms with E-state index < -0.39 is 6.04 Å². The molecule has 2 aliphatic heterocycles. The van der Waals surface area contributed by atoms with Gasteiger partial charge in [-0.25, -0.2) is 0 Å². The second-order valence-electron chi connectivity index (χ2n) is 7.32. The van der Waals surface area contributed by atoms with Crippen LogP contribution in [0, 0.1) is 0 Å². The molecule has 0 bridgehead atoms. The topological polar surface area (TPSA) is 79.0 Å². The van der Waals surface area contributed by atoms with Crippen molar-refractivity contribution in [3.8, 4) is 5.75 Å². The van der Waals surface area contributed by atoms with Crippen molar-refractivity contribution in [2.75, 3.05) is 26.2 Å². The van der Waals surface area contributed by atoms with E-state index in [0.29, 0.717) is 44.6 Å². The van der Waals surface area contributed by atoms with E-state index in [9.17, 15) is 14.4 Å². The van der Waals surface area contributed by atoms with E-state index in [1.54, 1.807) is 21.9 Å². The Morgan fingerprint density at radius 3 is 2.37 bits per heavy atom. The van der Waals surface area contributed by atoms with E-state index in [1.807, 2.05) is 26.0 Å². The van der Waals surface area contributed by atoms with E-state index in [1.165, 1.54) is 0 Å². The molecule has 1 aromatic carbocycles. The summed E-state index contributed by atoms with van der Waals surface area (Å²) in [5.74, 6) is 0.609. The number of carbonyl (C=O) groups excluding carboxylic acids is 3. The highest BCUT2D eigenvalue weighted by atomic mass is 16.5. The summed E-state index contributed by atoms with van der Waals surface area (Å²) in [5, 5.41) is 2.73. The molecule has 2 fully saturated rings. The van der Waals surface area contributed by atoms with Crippen molar-refractivity contribution in [3.63, 3.8) is 0 Å². The summed E-state index contributed by atoms with van der Waals surface area (Å²) in [5.41, 5.74) is 0.619. The molecule has 0 aromatic heterocycles. The standard InChI is InChI=1S/C20H27N3O4/c1-14(2)27-16-6-4-15(5-7-16)19(25)22-10-3-11-23(13-12-22)20(26)17-8-9-18(24)21-17/h4-7,14,17H,3,8-13H2,1-2H3,(H,21,24). The van der Waals surface area contributed by atoms with Gasteiger partial charge >= 0.3 is 0 Å². The Hall–Kier alpha value is -2.57. The molecule has 1 aromatic rings. The molecule has 0 aliphatic carbocycles. The molecule has 146 valence electrons. The van der Waals surface area contributed by atoms with Gasteiger partial charge in [0.2, 0.25) is 11.8 Å². The summed E-state index contributed by atoms with van der Waals surface area (Å²) in [7, 11) is 0. The highest BCUT2D eigenvalue weighted by Crippen LogP contribution is 2.17. The zero-order valence-electron chi connectivity index (χ0n) is 15.9. The molecule has 1 N–H and O–H groups in total. The first-order chi connectivity index (χ1) is 12.9. The lowest BCUT2D eigenvalue weighted by Crippen LogP contribution is -2.46. The van der Waals surface area contributed by atoms with Crippen LogP contribution >= 0.6 is 0 Å². The quantitative estimate of drug-likeness (QED) is 0.866. The van der Waals surface area contributed by atoms with Crippen LogP contribution in [0.4, 0.5) is 0 Å². The number of nitrogens with one attached hydrogen (secondary N) is 1. The van der Waals surface area contributed by atoms with Crippen LogP contribution in [0.3, 0.4) is 0 Å². The van der Waals surface area contributed by atoms with Crippen LogP contribution in [0.1, 0.15) is 43.5 Å². The Labute approximate surface area is 159 Å². The van der Waals surface area contributed by atoms with Crippen LogP contribution in [0.25, 0.3) is 0 Å². The van der Waals surface area contributed by atoms with Crippen molar-refractivity contribution in [1.29, 1.82) is 0 Å². The summed E-state index contributed by atoms with van der Waals surface area (Å²) < 4.78 is 5.61. The van der Waals surface area contributed by atoms with Crippen LogP contribution < -0.4 is 10.1 Å². The maximum atomic E-state index is 12.8. The zero-order chi connectivity index (χ0) is 19.4. The summed E-state index contributed by atoms with van der Waals surface area (Å²) in [6.45, 7) is 6.13. The Morgan fingerprint density at radius 2 is 1.74 bits per heavy atom. The SMILES string of the molecule is CC(C)Oc1ccc(C(=O)N2CCCN(C(=O)C3CCC(=O)N3)CC2)cc1. The van der Waals surface area contributed by atoms with Crippen molar-refractivity contribution in [2.24, 2.45) is 0 Å². The van der Waals surface area contributed by atoms with E-state index in [-0.39, 0.29) is 23.8 Å². The van der Waals surface area contributed by atoms with Crippen LogP contribution in [-0.2, 0) is 9.59 Å². The minimum absolute atomic E-state index is 0.0328. The van der Waals surface area contributed by atoms with Crippen LogP contribution in [0.5, 0.6) is 5.75 Å². The number of benzene rings is 1. The molecule has 3 rings (SSSR count). The minimum atomic E-state index is -0.409. The molecular weight excluding hydrogens is 346 g/mol. The smallest absolute Gasteiger partial charge is 0.253 e. The summed E-state index contributed by atoms with van der Waals surface area (Å²) in [6.07, 6.45) is 1.78. The molecule has 2 saturated heterocycles. The molecule has 0 spiro atoms. The number of amides is 3. The second-order valence-corrected chi connectivity index (χ2v) is 7.32. The van der Waals surface area contributed by atoms with Crippen LogP contribution in [0.2, 0.25) is 0 Å². The van der Waals surface area contributed by atoms with Gasteiger partial charge in [-0.1, -0.05) is 0 Å². The summed E-state index contributed by atoms with van der Waals surface area (Å²) in [4.78, 5) is 40.3. The number of ether oxygens (including phenoxy) is 1. The fourth-order valence-electron chi connectivity index (χ4n) is 3.49. The van der Waals surface area contributed by atoms with Gasteiger partial charge in [-0.2, -0.15) is 0 Å². The molecule has 2 heterocycles. The van der Waals surface area contributed by atoms with Gasteiger partial charge in [0, 0.05) is 38.2 Å². The number of rotatable bonds is 4. The van der Waals surface area contributed by atoms with Crippen LogP contribution in [0.15, 0.2) is 24.3 Å². The molecule has 1 unspecified atom stereocenters. The van der Waals surface area contributed by atoms with Gasteiger partial charge < -0.3 is 19.9 Å². The maximum absolute atomic E-state index is 12.8. The predicted octanol–water partition coefficient (Wildman–Crippen LogP) is 1.43. The average molecular weight is 373 g/mol. The van der Waals surface area contributed by atoms with Crippen LogP contribution in [-0.4, -0.2) is 65.8 Å². The second kappa shape index (κ2) is 8.41. The fourth-order valence-corrected chi connectivity index (χ4v) is 3.49. The molecule has 0 radical (unpaired) electrons. The van der Waals surface area contributed by atoms with E-state index in [0.717, 1.165) is 12.2 Å². The highest BCUT2D eigenvalue weighted by Gasteiger charge is 2.32. The van der Waals surface area contributed by atoms with Crippen molar-refractivity contribution in [1.82, 2.24) is 15.1 Å². The van der Waals surface area contributed by atoms with E-state index >= 15 is 0 Å². The predicted molar refractivity (Wildman–Crippen MR) is 100 cm³/mol. The van der Waals surface area contributed by atoms with Gasteiger partial charge in [-0.3, -0.25) is 14.4 Å². The zero-order valence-corrected chi connectivity index (χ0v) is 15.9. The van der Waals surface area contributed by atoms with E-state index in [4.69, 9.17) is 4.74 Å². The Kier molecular flexibility index (Phi) is 5.98. The van der Waals surface area contributed by atoms with Gasteiger partial charge in [0.15, 0.2) is 0 Å². The first kappa shape index (κ1) is 19.2. The fraction of sp³-hybridized carbons (Fsp3) is 0.550. The first-order valence-electron chi connectivity index (χ1n) is 9.58. The first-order valence-corrected chi connectivity index (χ1v) is 9.58. The van der Waals surface area contributed by atoms with Crippen molar-refractivity contribution < 1.29 is 19.1 Å². The highest BCUT2D eigenvalue weighted by molar-refractivity contribution is 5.94. The third-order valence-electron chi connectivity index (χ3n) is 4.86. The lowest BCUT2D eigenvalue weighted by molar-refractivity contribution is -0.134. The molecule has 7 nitrogen and oxygen atoms in total. The van der Waals surface area contributed by atoms with Gasteiger partial charge in [0.1, 0.15) is 11.8 Å². The van der Waals surface area contributed by atoms with Crippen molar-refractivity contribution in [3.05, 3.63) is 29.8 Å². The number of hydrogen-bond donors (Lipinski definition) is 1. The van der Waals surface area contributed by atoms with Crippen molar-refractivity contribution >= 4 is 17.7 Å². The van der Waals surface area contributed by atoms with Crippen molar-refractivity contribution in [2.45, 2.75) is 45.3 Å². The number of nitrogens with zero attached hydrogens (tertiary/aromatic N) is 2. The minimum Gasteiger partial charge on any atom is -0.491 e. The average Bonchev–Trinajstić information content (AvgIpc) is 2.93. The van der Waals surface area contributed by atoms with Gasteiger partial charge in [-0.05, 0) is 51.0 Å². The van der Waals surface area contributed by atoms with Gasteiger partial charge in [0.25, 0.3) is 5.91 Å². The number of hydrogen-bond acceptors (Lipinski definition) is 4. The summed E-state index contributed by atoms with van der Waals surface area (Å²) in [6, 6.07) is 6.77. The molecular formula is C20H27N3O4. The molecule has 7 heteroatoms. The summed E-state index contributed by atoms with van der Waals surface area (Å²) >= 11 is 0. The monoisotopic (exact) mass is 373 g/mol. The lowest BCUT2D eigenvalue weighted by atomic mass is 10.2. The lowest BCUT2D eigenvalue weighted by Gasteiger charge is -2.24. The molecule has 1 atom stereocenters. The Balaban J connectivity index is 1.57. The molecule has 2 aliphatic rings. The normalized spacial score (nSPS) is 20.4. The third kappa shape index (κ3) is 4.78. The Bertz CT molecular complexity index is 702. The molecule has 27 heavy (non-hydrogen) atoms. The third-order valence-corrected chi connectivity index (χ3v) is 4.86. The molecule has 0 saturated carbocycles. The largest absolute Gasteiger partial charge is 0.491 e. The number of carbonyl (C=O) groups is 3.